The summed E-state index contributed by atoms with van der Waals surface area (Å²) < 4.78 is 124. The van der Waals surface area contributed by atoms with Crippen molar-refractivity contribution in [3.05, 3.63) is 126 Å². The van der Waals surface area contributed by atoms with Crippen LogP contribution in [-0.2, 0) is 11.1 Å². The number of hydrogen-bond donors (Lipinski definition) is 1. The van der Waals surface area contributed by atoms with Crippen LogP contribution in [0.1, 0.15) is 29.8 Å². The van der Waals surface area contributed by atoms with Crippen molar-refractivity contribution in [2.24, 2.45) is 9.98 Å². The molecule has 3 unspecified atom stereocenters. The lowest BCUT2D eigenvalue weighted by Crippen LogP contribution is -2.63. The molecule has 5 nitrogen and oxygen atoms in total. The second-order valence-corrected chi connectivity index (χ2v) is 11.4. The van der Waals surface area contributed by atoms with Crippen molar-refractivity contribution in [3.8, 4) is 16.9 Å². The molecule has 0 spiro atoms. The van der Waals surface area contributed by atoms with Crippen LogP contribution >= 0.6 is 0 Å². The normalized spacial score (nSPS) is 17.6. The minimum absolute atomic E-state index is 0.413. The highest BCUT2D eigenvalue weighted by Crippen LogP contribution is 2.53. The zero-order valence-electron chi connectivity index (χ0n) is 23.6. The third-order valence-electron chi connectivity index (χ3n) is 7.11. The Morgan fingerprint density at radius 2 is 1.17 bits per heavy atom. The molecule has 4 aromatic rings. The first kappa shape index (κ1) is 32.8. The minimum Gasteiger partial charge on any atom is -0.396 e. The minimum atomic E-state index is -6.66. The highest BCUT2D eigenvalue weighted by Gasteiger charge is 2.80. The van der Waals surface area contributed by atoms with E-state index in [1.165, 1.54) is 12.1 Å². The van der Waals surface area contributed by atoms with E-state index in [0.717, 1.165) is 23.3 Å². The number of hydrogen-bond acceptors (Lipinski definition) is 5. The Hall–Kier alpha value is -4.59. The first-order chi connectivity index (χ1) is 21.6. The molecule has 1 aliphatic heterocycles. The second-order valence-electron chi connectivity index (χ2n) is 10.2. The summed E-state index contributed by atoms with van der Waals surface area (Å²) in [4.78, 5) is 9.50. The van der Waals surface area contributed by atoms with Gasteiger partial charge in [0.25, 0.3) is 16.7 Å². The predicted octanol–water partition coefficient (Wildman–Crippen LogP) is 8.41. The van der Waals surface area contributed by atoms with Crippen molar-refractivity contribution < 1.29 is 43.5 Å². The number of nitrogens with one attached hydrogen (secondary N) is 1. The van der Waals surface area contributed by atoms with E-state index in [4.69, 9.17) is 9.98 Å². The van der Waals surface area contributed by atoms with Gasteiger partial charge in [-0.15, -0.1) is 0 Å². The number of amidine groups is 2. The van der Waals surface area contributed by atoms with Gasteiger partial charge in [0.2, 0.25) is 0 Å². The van der Waals surface area contributed by atoms with Gasteiger partial charge >= 0.3 is 17.4 Å². The van der Waals surface area contributed by atoms with Crippen LogP contribution < -0.4 is 9.50 Å². The van der Waals surface area contributed by atoms with E-state index < -0.39 is 52.9 Å². The fraction of sp³-hybridized carbons (Fsp3) is 0.188. The van der Waals surface area contributed by atoms with Gasteiger partial charge in [0, 0.05) is 11.1 Å². The number of aliphatic imine (C=N–C) groups is 2. The molecule has 0 radical (unpaired) electrons. The van der Waals surface area contributed by atoms with Crippen molar-refractivity contribution in [3.63, 3.8) is 0 Å². The number of benzene rings is 4. The zero-order chi connectivity index (χ0) is 33.3. The maximum atomic E-state index is 14.3. The van der Waals surface area contributed by atoms with Gasteiger partial charge in [0.1, 0.15) is 17.8 Å². The standard InChI is InChI=1S/C32H23F8N3O2S/c1-29(33,30(34,35)31(36,37)38)32(39,40)46(44)45-25-18-16-21(17-19-25)20-12-14-24(15-13-20)28-42-26(22-8-4-2-5-9-22)41-27(43-28)23-10-6-3-7-11-23/h2-19,26H,1H3,(H,41,42,43). The summed E-state index contributed by atoms with van der Waals surface area (Å²) in [6, 6.07) is 30.8. The molecule has 0 saturated heterocycles. The Kier molecular flexibility index (Phi) is 8.77. The summed E-state index contributed by atoms with van der Waals surface area (Å²) in [5.41, 5.74) is -1.97. The third-order valence-corrected chi connectivity index (χ3v) is 8.26. The Labute approximate surface area is 260 Å². The van der Waals surface area contributed by atoms with Crippen molar-refractivity contribution in [1.29, 1.82) is 0 Å². The van der Waals surface area contributed by atoms with E-state index in [9.17, 15) is 39.3 Å². The molecule has 0 aromatic heterocycles. The number of rotatable bonds is 9. The van der Waals surface area contributed by atoms with Gasteiger partial charge in [0.05, 0.1) is 0 Å². The van der Waals surface area contributed by atoms with Gasteiger partial charge in [-0.3, -0.25) is 0 Å². The summed E-state index contributed by atoms with van der Waals surface area (Å²) in [5, 5.41) is -2.39. The first-order valence-corrected chi connectivity index (χ1v) is 14.5. The Morgan fingerprint density at radius 3 is 1.72 bits per heavy atom. The average Bonchev–Trinajstić information content (AvgIpc) is 3.05. The molecule has 3 atom stereocenters. The van der Waals surface area contributed by atoms with Gasteiger partial charge in [-0.1, -0.05) is 97.1 Å². The molecule has 0 saturated carbocycles. The number of alkyl halides is 8. The van der Waals surface area contributed by atoms with Crippen molar-refractivity contribution >= 4 is 22.8 Å². The first-order valence-electron chi connectivity index (χ1n) is 13.5. The molecular formula is C32H23F8N3O2S. The largest absolute Gasteiger partial charge is 0.457 e. The van der Waals surface area contributed by atoms with Crippen molar-refractivity contribution in [2.75, 3.05) is 0 Å². The topological polar surface area (TPSA) is 63.0 Å². The van der Waals surface area contributed by atoms with E-state index in [2.05, 4.69) is 9.50 Å². The van der Waals surface area contributed by atoms with Gasteiger partial charge in [-0.25, -0.2) is 18.6 Å². The maximum absolute atomic E-state index is 14.3. The van der Waals surface area contributed by atoms with E-state index in [1.54, 1.807) is 24.3 Å². The predicted molar refractivity (Wildman–Crippen MR) is 158 cm³/mol. The van der Waals surface area contributed by atoms with Crippen LogP contribution in [0.4, 0.5) is 35.1 Å². The van der Waals surface area contributed by atoms with Crippen molar-refractivity contribution in [1.82, 2.24) is 5.32 Å². The lowest BCUT2D eigenvalue weighted by molar-refractivity contribution is -0.345. The van der Waals surface area contributed by atoms with Crippen LogP contribution in [0.3, 0.4) is 0 Å². The summed E-state index contributed by atoms with van der Waals surface area (Å²) in [6.07, 6.45) is -7.08. The average molecular weight is 666 g/mol. The van der Waals surface area contributed by atoms with Crippen LogP contribution in [0.2, 0.25) is 0 Å². The number of halogens is 8. The molecule has 46 heavy (non-hydrogen) atoms. The highest BCUT2D eigenvalue weighted by atomic mass is 32.2. The van der Waals surface area contributed by atoms with Gasteiger partial charge in [-0.05, 0) is 35.7 Å². The molecule has 0 amide bonds. The summed E-state index contributed by atoms with van der Waals surface area (Å²) in [5.74, 6) is -6.02. The third kappa shape index (κ3) is 6.26. The van der Waals surface area contributed by atoms with E-state index >= 15 is 0 Å². The van der Waals surface area contributed by atoms with E-state index in [0.29, 0.717) is 28.4 Å². The van der Waals surface area contributed by atoms with Gasteiger partial charge in [0.15, 0.2) is 5.84 Å². The van der Waals surface area contributed by atoms with Gasteiger partial charge < -0.3 is 9.50 Å². The Morgan fingerprint density at radius 1 is 0.674 bits per heavy atom. The quantitative estimate of drug-likeness (QED) is 0.183. The molecule has 0 bridgehead atoms. The van der Waals surface area contributed by atoms with Crippen molar-refractivity contribution in [2.45, 2.75) is 36.1 Å². The summed E-state index contributed by atoms with van der Waals surface area (Å²) in [7, 11) is 0. The molecule has 1 heterocycles. The molecule has 0 fully saturated rings. The van der Waals surface area contributed by atoms with Crippen LogP contribution in [0.25, 0.3) is 11.1 Å². The van der Waals surface area contributed by atoms with Gasteiger partial charge in [-0.2, -0.15) is 30.7 Å². The molecular weight excluding hydrogens is 642 g/mol. The zero-order valence-corrected chi connectivity index (χ0v) is 24.4. The molecule has 1 aliphatic rings. The summed E-state index contributed by atoms with van der Waals surface area (Å²) in [6.45, 7) is -0.681. The van der Waals surface area contributed by atoms with E-state index in [1.807, 2.05) is 60.7 Å². The molecule has 5 rings (SSSR count). The molecule has 14 heteroatoms. The molecule has 4 aromatic carbocycles. The molecule has 0 aliphatic carbocycles. The van der Waals surface area contributed by atoms with Crippen LogP contribution in [0.5, 0.6) is 5.75 Å². The highest BCUT2D eigenvalue weighted by molar-refractivity contribution is 7.81. The SMILES string of the molecule is CC(F)(C(F)(F)S(=O)Oc1ccc(-c2ccc(C3=NC(c4ccccc4)NC(c4ccccc4)=N3)cc2)cc1)C(F)(F)C(F)(F)F. The second kappa shape index (κ2) is 12.3. The monoisotopic (exact) mass is 665 g/mol. The van der Waals surface area contributed by atoms with Crippen LogP contribution in [-0.4, -0.2) is 38.9 Å². The lowest BCUT2D eigenvalue weighted by atomic mass is 10.00. The van der Waals surface area contributed by atoms with Crippen LogP contribution in [0.15, 0.2) is 119 Å². The maximum Gasteiger partial charge on any atom is 0.457 e. The Bertz CT molecular complexity index is 1760. The molecule has 1 N–H and O–H groups in total. The summed E-state index contributed by atoms with van der Waals surface area (Å²) >= 11 is -4.24. The fourth-order valence-corrected chi connectivity index (χ4v) is 5.22. The fourth-order valence-electron chi connectivity index (χ4n) is 4.39. The number of nitrogens with zero attached hydrogens (tertiary/aromatic N) is 2. The molecule has 240 valence electrons. The van der Waals surface area contributed by atoms with E-state index in [-0.39, 0.29) is 0 Å². The lowest BCUT2D eigenvalue weighted by Gasteiger charge is -2.35. The van der Waals surface area contributed by atoms with Crippen LogP contribution in [0, 0.1) is 0 Å². The smallest absolute Gasteiger partial charge is 0.396 e. The Balaban J connectivity index is 1.34.